The van der Waals surface area contributed by atoms with E-state index < -0.39 is 6.10 Å². The first-order valence-electron chi connectivity index (χ1n) is 28.0. The van der Waals surface area contributed by atoms with Crippen molar-refractivity contribution in [2.24, 2.45) is 0 Å². The van der Waals surface area contributed by atoms with Crippen LogP contribution in [-0.2, 0) is 28.6 Å². The first-order valence-corrected chi connectivity index (χ1v) is 28.0. The van der Waals surface area contributed by atoms with Crippen LogP contribution in [0, 0.1) is 0 Å². The number of allylic oxidation sites excluding steroid dienone is 6. The van der Waals surface area contributed by atoms with Gasteiger partial charge in [0.15, 0.2) is 6.10 Å². The summed E-state index contributed by atoms with van der Waals surface area (Å²) in [5, 5.41) is 0. The summed E-state index contributed by atoms with van der Waals surface area (Å²) in [5.74, 6) is -0.867. The molecule has 0 aliphatic carbocycles. The maximum absolute atomic E-state index is 12.8. The molecule has 0 saturated carbocycles. The summed E-state index contributed by atoms with van der Waals surface area (Å²) in [5.41, 5.74) is 0. The van der Waals surface area contributed by atoms with Crippen molar-refractivity contribution in [1.29, 1.82) is 0 Å². The highest BCUT2D eigenvalue weighted by atomic mass is 16.6. The van der Waals surface area contributed by atoms with Crippen LogP contribution >= 0.6 is 0 Å². The van der Waals surface area contributed by atoms with Gasteiger partial charge in [0, 0.05) is 19.3 Å². The Bertz CT molecular complexity index is 1080. The Morgan fingerprint density at radius 2 is 0.609 bits per heavy atom. The number of ether oxygens (including phenoxy) is 3. The Balaban J connectivity index is 4.32. The lowest BCUT2D eigenvalue weighted by Gasteiger charge is -2.18. The lowest BCUT2D eigenvalue weighted by Crippen LogP contribution is -2.30. The molecule has 0 aromatic rings. The second-order valence-electron chi connectivity index (χ2n) is 18.9. The zero-order chi connectivity index (χ0) is 46.5. The van der Waals surface area contributed by atoms with Crippen molar-refractivity contribution >= 4 is 17.9 Å². The minimum Gasteiger partial charge on any atom is -0.462 e. The van der Waals surface area contributed by atoms with Gasteiger partial charge in [0.1, 0.15) is 13.2 Å². The molecule has 1 unspecified atom stereocenters. The molecule has 0 aliphatic heterocycles. The molecule has 0 heterocycles. The second kappa shape index (κ2) is 53.2. The van der Waals surface area contributed by atoms with Gasteiger partial charge in [0.05, 0.1) is 0 Å². The number of hydrogen-bond acceptors (Lipinski definition) is 6. The fourth-order valence-electron chi connectivity index (χ4n) is 8.27. The summed E-state index contributed by atoms with van der Waals surface area (Å²) in [6.07, 6.45) is 62.7. The third kappa shape index (κ3) is 50.6. The molecule has 1 atom stereocenters. The number of rotatable bonds is 51. The van der Waals surface area contributed by atoms with Gasteiger partial charge in [-0.15, -0.1) is 0 Å². The Labute approximate surface area is 397 Å². The molecule has 6 nitrogen and oxygen atoms in total. The number of carbonyl (C=O) groups excluding carboxylic acids is 3. The van der Waals surface area contributed by atoms with Crippen LogP contribution in [0.5, 0.6) is 0 Å². The zero-order valence-corrected chi connectivity index (χ0v) is 42.8. The molecular formula is C58H106O6. The molecule has 0 rings (SSSR count). The monoisotopic (exact) mass is 899 g/mol. The molecule has 0 aromatic carbocycles. The molecule has 0 N–H and O–H groups in total. The van der Waals surface area contributed by atoms with Gasteiger partial charge in [-0.25, -0.2) is 0 Å². The second-order valence-corrected chi connectivity index (χ2v) is 18.9. The highest BCUT2D eigenvalue weighted by Crippen LogP contribution is 2.17. The van der Waals surface area contributed by atoms with Crippen molar-refractivity contribution in [3.05, 3.63) is 36.5 Å². The van der Waals surface area contributed by atoms with Gasteiger partial charge < -0.3 is 14.2 Å². The van der Waals surface area contributed by atoms with Crippen LogP contribution in [0.15, 0.2) is 36.5 Å². The Morgan fingerprint density at radius 3 is 0.938 bits per heavy atom. The van der Waals surface area contributed by atoms with E-state index in [0.717, 1.165) is 70.6 Å². The van der Waals surface area contributed by atoms with Crippen LogP contribution < -0.4 is 0 Å². The summed E-state index contributed by atoms with van der Waals surface area (Å²) < 4.78 is 16.9. The fraction of sp³-hybridized carbons (Fsp3) is 0.845. The molecule has 0 bridgehead atoms. The minimum atomic E-state index is -0.773. The van der Waals surface area contributed by atoms with Crippen molar-refractivity contribution in [3.63, 3.8) is 0 Å². The molecule has 0 saturated heterocycles. The minimum absolute atomic E-state index is 0.0724. The third-order valence-corrected chi connectivity index (χ3v) is 12.5. The summed E-state index contributed by atoms with van der Waals surface area (Å²) in [6.45, 7) is 6.54. The van der Waals surface area contributed by atoms with Crippen molar-refractivity contribution in [2.45, 2.75) is 303 Å². The van der Waals surface area contributed by atoms with Crippen LogP contribution in [0.25, 0.3) is 0 Å². The highest BCUT2D eigenvalue weighted by Gasteiger charge is 2.19. The van der Waals surface area contributed by atoms with E-state index in [2.05, 4.69) is 57.2 Å². The fourth-order valence-corrected chi connectivity index (χ4v) is 8.27. The first kappa shape index (κ1) is 61.6. The lowest BCUT2D eigenvalue weighted by atomic mass is 10.0. The van der Waals surface area contributed by atoms with E-state index in [1.165, 1.54) is 186 Å². The average molecular weight is 899 g/mol. The van der Waals surface area contributed by atoms with Gasteiger partial charge in [-0.2, -0.15) is 0 Å². The van der Waals surface area contributed by atoms with Crippen LogP contribution in [-0.4, -0.2) is 37.2 Å². The lowest BCUT2D eigenvalue weighted by molar-refractivity contribution is -0.167. The zero-order valence-electron chi connectivity index (χ0n) is 42.8. The van der Waals surface area contributed by atoms with E-state index in [-0.39, 0.29) is 31.1 Å². The van der Waals surface area contributed by atoms with Gasteiger partial charge in [-0.05, 0) is 38.5 Å². The maximum atomic E-state index is 12.8. The van der Waals surface area contributed by atoms with E-state index in [4.69, 9.17) is 14.2 Å². The topological polar surface area (TPSA) is 78.9 Å². The molecule has 64 heavy (non-hydrogen) atoms. The Kier molecular flexibility index (Phi) is 51.3. The molecule has 0 radical (unpaired) electrons. The standard InChI is InChI=1S/C58H106O6/c1-4-7-10-13-16-19-22-25-27-28-29-31-33-36-39-42-45-48-51-57(60)63-54-55(53-62-56(59)50-47-44-41-38-35-32-24-21-18-15-12-9-6-3)64-58(61)52-49-46-43-40-37-34-30-26-23-20-17-14-11-8-5-2/h8,11,14,17,20,23,55H,4-7,9-10,12-13,15-16,18-19,21-22,24-54H2,1-3H3/b11-8-,17-14-,23-20-. The van der Waals surface area contributed by atoms with Crippen molar-refractivity contribution < 1.29 is 28.6 Å². The SMILES string of the molecule is CC\C=C/C=C\C=C/CCCCCCCCCC(=O)OC(COC(=O)CCCCCCCCCCCCCCC)COC(=O)CCCCCCCCCCCCCCCCCCCC. The van der Waals surface area contributed by atoms with Crippen molar-refractivity contribution in [1.82, 2.24) is 0 Å². The average Bonchev–Trinajstić information content (AvgIpc) is 3.29. The van der Waals surface area contributed by atoms with Crippen LogP contribution in [0.2, 0.25) is 0 Å². The molecule has 0 aliphatic rings. The van der Waals surface area contributed by atoms with Crippen molar-refractivity contribution in [3.8, 4) is 0 Å². The van der Waals surface area contributed by atoms with E-state index in [1.54, 1.807) is 0 Å². The van der Waals surface area contributed by atoms with E-state index in [0.29, 0.717) is 19.3 Å². The molecule has 0 spiro atoms. The highest BCUT2D eigenvalue weighted by molar-refractivity contribution is 5.71. The van der Waals surface area contributed by atoms with Gasteiger partial charge in [0.2, 0.25) is 0 Å². The molecule has 0 fully saturated rings. The van der Waals surface area contributed by atoms with Crippen LogP contribution in [0.1, 0.15) is 297 Å². The summed E-state index contributed by atoms with van der Waals surface area (Å²) in [7, 11) is 0. The number of hydrogen-bond donors (Lipinski definition) is 0. The summed E-state index contributed by atoms with van der Waals surface area (Å²) >= 11 is 0. The van der Waals surface area contributed by atoms with Crippen molar-refractivity contribution in [2.75, 3.05) is 13.2 Å². The van der Waals surface area contributed by atoms with Crippen LogP contribution in [0.3, 0.4) is 0 Å². The number of esters is 3. The van der Waals surface area contributed by atoms with Gasteiger partial charge in [0.25, 0.3) is 0 Å². The predicted molar refractivity (Wildman–Crippen MR) is 275 cm³/mol. The quantitative estimate of drug-likeness (QED) is 0.0262. The molecule has 0 amide bonds. The molecule has 6 heteroatoms. The Morgan fingerprint density at radius 1 is 0.328 bits per heavy atom. The molecule has 374 valence electrons. The summed E-state index contributed by atoms with van der Waals surface area (Å²) in [4.78, 5) is 38.1. The third-order valence-electron chi connectivity index (χ3n) is 12.5. The first-order chi connectivity index (χ1) is 31.5. The molecular weight excluding hydrogens is 793 g/mol. The van der Waals surface area contributed by atoms with Crippen LogP contribution in [0.4, 0.5) is 0 Å². The number of carbonyl (C=O) groups is 3. The van der Waals surface area contributed by atoms with Gasteiger partial charge in [-0.1, -0.05) is 276 Å². The molecule has 0 aromatic heterocycles. The normalized spacial score (nSPS) is 12.2. The van der Waals surface area contributed by atoms with E-state index in [9.17, 15) is 14.4 Å². The largest absolute Gasteiger partial charge is 0.462 e. The maximum Gasteiger partial charge on any atom is 0.306 e. The van der Waals surface area contributed by atoms with E-state index >= 15 is 0 Å². The summed E-state index contributed by atoms with van der Waals surface area (Å²) in [6, 6.07) is 0. The Hall–Kier alpha value is -2.37. The number of unbranched alkanes of at least 4 members (excludes halogenated alkanes) is 36. The van der Waals surface area contributed by atoms with Gasteiger partial charge in [-0.3, -0.25) is 14.4 Å². The van der Waals surface area contributed by atoms with E-state index in [1.807, 2.05) is 0 Å². The smallest absolute Gasteiger partial charge is 0.306 e. The van der Waals surface area contributed by atoms with Gasteiger partial charge >= 0.3 is 17.9 Å². The predicted octanol–water partition coefficient (Wildman–Crippen LogP) is 18.5.